The lowest BCUT2D eigenvalue weighted by atomic mass is 10.0. The fourth-order valence-electron chi connectivity index (χ4n) is 3.88. The van der Waals surface area contributed by atoms with E-state index in [4.69, 9.17) is 11.6 Å². The molecule has 1 heterocycles. The van der Waals surface area contributed by atoms with Gasteiger partial charge in [-0.15, -0.1) is 0 Å². The Bertz CT molecular complexity index is 655. The quantitative estimate of drug-likeness (QED) is 0.881. The number of hydrogen-bond donors (Lipinski definition) is 1. The minimum atomic E-state index is -3.11. The van der Waals surface area contributed by atoms with Crippen LogP contribution in [0.15, 0.2) is 18.2 Å². The molecule has 0 unspecified atom stereocenters. The summed E-state index contributed by atoms with van der Waals surface area (Å²) >= 11 is 6.30. The number of fused-ring (bicyclic) bond motifs is 1. The second kappa shape index (κ2) is 7.09. The molecule has 1 aliphatic heterocycles. The maximum absolute atomic E-state index is 11.9. The number of nitrogens with zero attached hydrogens (tertiary/aromatic N) is 1. The Morgan fingerprint density at radius 2 is 2.00 bits per heavy atom. The summed E-state index contributed by atoms with van der Waals surface area (Å²) in [6, 6.07) is 6.72. The van der Waals surface area contributed by atoms with Gasteiger partial charge in [-0.1, -0.05) is 30.7 Å². The molecule has 1 aromatic rings. The highest BCUT2D eigenvalue weighted by Gasteiger charge is 2.32. The third kappa shape index (κ3) is 3.90. The molecular weight excluding hydrogens is 332 g/mol. The van der Waals surface area contributed by atoms with Gasteiger partial charge in [-0.2, -0.15) is 0 Å². The number of piperidine rings is 1. The van der Waals surface area contributed by atoms with Crippen LogP contribution < -0.4 is 4.72 Å². The third-order valence-electron chi connectivity index (χ3n) is 4.97. The van der Waals surface area contributed by atoms with Gasteiger partial charge in [-0.25, -0.2) is 13.1 Å². The smallest absolute Gasteiger partial charge is 0.211 e. The van der Waals surface area contributed by atoms with Gasteiger partial charge in [0.05, 0.1) is 5.75 Å². The number of rotatable bonds is 5. The molecule has 0 bridgehead atoms. The minimum absolute atomic E-state index is 0.0861. The predicted molar refractivity (Wildman–Crippen MR) is 94.3 cm³/mol. The molecule has 4 nitrogen and oxygen atoms in total. The van der Waals surface area contributed by atoms with E-state index in [1.807, 2.05) is 19.1 Å². The summed E-state index contributed by atoms with van der Waals surface area (Å²) in [5.74, 6) is 0.224. The summed E-state index contributed by atoms with van der Waals surface area (Å²) in [4.78, 5) is 2.49. The van der Waals surface area contributed by atoms with Crippen LogP contribution in [0.25, 0.3) is 0 Å². The standard InChI is InChI=1S/C17H25ClN2O2S/c1-2-12-23(21,22)19-13-8-10-20(11-9-13)17-7-6-14-15(17)4-3-5-16(14)18/h3-5,13,17,19H,2,6-12H2,1H3/t17-/m1/s1. The number of halogens is 1. The number of benzene rings is 1. The lowest BCUT2D eigenvalue weighted by Gasteiger charge is -2.36. The molecular formula is C17H25ClN2O2S. The van der Waals surface area contributed by atoms with E-state index >= 15 is 0 Å². The third-order valence-corrected chi connectivity index (χ3v) is 6.96. The van der Waals surface area contributed by atoms with Crippen molar-refractivity contribution in [2.24, 2.45) is 0 Å². The van der Waals surface area contributed by atoms with E-state index in [0.29, 0.717) is 12.5 Å². The van der Waals surface area contributed by atoms with Crippen LogP contribution in [0.1, 0.15) is 49.8 Å². The van der Waals surface area contributed by atoms with Crippen LogP contribution >= 0.6 is 11.6 Å². The molecule has 1 aromatic carbocycles. The number of likely N-dealkylation sites (tertiary alicyclic amines) is 1. The monoisotopic (exact) mass is 356 g/mol. The van der Waals surface area contributed by atoms with Crippen molar-refractivity contribution in [3.63, 3.8) is 0 Å². The molecule has 1 N–H and O–H groups in total. The summed E-state index contributed by atoms with van der Waals surface area (Å²) in [7, 11) is -3.11. The SMILES string of the molecule is CCCS(=O)(=O)NC1CCN([C@@H]2CCc3c(Cl)cccc32)CC1. The van der Waals surface area contributed by atoms with E-state index in [-0.39, 0.29) is 11.8 Å². The highest BCUT2D eigenvalue weighted by Crippen LogP contribution is 2.40. The van der Waals surface area contributed by atoms with Crippen molar-refractivity contribution in [1.82, 2.24) is 9.62 Å². The Labute approximate surface area is 144 Å². The molecule has 0 saturated carbocycles. The van der Waals surface area contributed by atoms with Gasteiger partial charge >= 0.3 is 0 Å². The number of hydrogen-bond acceptors (Lipinski definition) is 3. The molecule has 0 aromatic heterocycles. The summed E-state index contributed by atoms with van der Waals surface area (Å²) < 4.78 is 26.7. The number of nitrogens with one attached hydrogen (secondary N) is 1. The van der Waals surface area contributed by atoms with E-state index in [0.717, 1.165) is 43.8 Å². The fraction of sp³-hybridized carbons (Fsp3) is 0.647. The molecule has 128 valence electrons. The van der Waals surface area contributed by atoms with E-state index < -0.39 is 10.0 Å². The Hall–Kier alpha value is -0.620. The van der Waals surface area contributed by atoms with Crippen molar-refractivity contribution in [3.8, 4) is 0 Å². The Morgan fingerprint density at radius 3 is 2.70 bits per heavy atom. The van der Waals surface area contributed by atoms with Crippen molar-refractivity contribution in [1.29, 1.82) is 0 Å². The summed E-state index contributed by atoms with van der Waals surface area (Å²) in [5.41, 5.74) is 2.66. The lowest BCUT2D eigenvalue weighted by Crippen LogP contribution is -2.45. The zero-order valence-corrected chi connectivity index (χ0v) is 15.2. The van der Waals surface area contributed by atoms with Gasteiger partial charge in [0, 0.05) is 30.2 Å². The largest absolute Gasteiger partial charge is 0.296 e. The van der Waals surface area contributed by atoms with E-state index in [1.54, 1.807) is 0 Å². The molecule has 0 amide bonds. The predicted octanol–water partition coefficient (Wildman–Crippen LogP) is 3.12. The van der Waals surface area contributed by atoms with Crippen molar-refractivity contribution < 1.29 is 8.42 Å². The molecule has 1 atom stereocenters. The van der Waals surface area contributed by atoms with Crippen LogP contribution in [-0.4, -0.2) is 38.2 Å². The Kier molecular flexibility index (Phi) is 5.31. The Balaban J connectivity index is 1.60. The maximum Gasteiger partial charge on any atom is 0.211 e. The van der Waals surface area contributed by atoms with Crippen molar-refractivity contribution in [2.75, 3.05) is 18.8 Å². The van der Waals surface area contributed by atoms with Gasteiger partial charge in [0.1, 0.15) is 0 Å². The topological polar surface area (TPSA) is 49.4 Å². The van der Waals surface area contributed by atoms with Gasteiger partial charge in [0.15, 0.2) is 0 Å². The minimum Gasteiger partial charge on any atom is -0.296 e. The zero-order valence-electron chi connectivity index (χ0n) is 13.6. The van der Waals surface area contributed by atoms with Crippen LogP contribution in [0.2, 0.25) is 5.02 Å². The fourth-order valence-corrected chi connectivity index (χ4v) is 5.55. The van der Waals surface area contributed by atoms with Crippen molar-refractivity contribution >= 4 is 21.6 Å². The zero-order chi connectivity index (χ0) is 16.4. The molecule has 1 saturated heterocycles. The lowest BCUT2D eigenvalue weighted by molar-refractivity contribution is 0.149. The number of sulfonamides is 1. The van der Waals surface area contributed by atoms with E-state index in [2.05, 4.69) is 15.7 Å². The molecule has 23 heavy (non-hydrogen) atoms. The highest BCUT2D eigenvalue weighted by molar-refractivity contribution is 7.89. The summed E-state index contributed by atoms with van der Waals surface area (Å²) in [5, 5.41) is 0.882. The van der Waals surface area contributed by atoms with Crippen LogP contribution in [-0.2, 0) is 16.4 Å². The molecule has 1 fully saturated rings. The Morgan fingerprint density at radius 1 is 1.26 bits per heavy atom. The van der Waals surface area contributed by atoms with Gasteiger partial charge in [0.2, 0.25) is 10.0 Å². The molecule has 2 aliphatic rings. The van der Waals surface area contributed by atoms with E-state index in [9.17, 15) is 8.42 Å². The highest BCUT2D eigenvalue weighted by atomic mass is 35.5. The summed E-state index contributed by atoms with van der Waals surface area (Å²) in [6.07, 6.45) is 4.59. The van der Waals surface area contributed by atoms with Crippen LogP contribution in [0, 0.1) is 0 Å². The average molecular weight is 357 g/mol. The first-order valence-electron chi connectivity index (χ1n) is 8.51. The van der Waals surface area contributed by atoms with E-state index in [1.165, 1.54) is 11.1 Å². The van der Waals surface area contributed by atoms with Gasteiger partial charge in [0.25, 0.3) is 0 Å². The molecule has 6 heteroatoms. The molecule has 0 spiro atoms. The first kappa shape index (κ1) is 17.2. The van der Waals surface area contributed by atoms with Crippen molar-refractivity contribution in [3.05, 3.63) is 34.3 Å². The second-order valence-electron chi connectivity index (χ2n) is 6.61. The first-order chi connectivity index (χ1) is 11.0. The van der Waals surface area contributed by atoms with Crippen LogP contribution in [0.5, 0.6) is 0 Å². The summed E-state index contributed by atoms with van der Waals surface area (Å²) in [6.45, 7) is 3.77. The first-order valence-corrected chi connectivity index (χ1v) is 10.5. The van der Waals surface area contributed by atoms with Crippen LogP contribution in [0.4, 0.5) is 0 Å². The second-order valence-corrected chi connectivity index (χ2v) is 8.89. The van der Waals surface area contributed by atoms with Gasteiger partial charge in [-0.3, -0.25) is 4.90 Å². The molecule has 0 radical (unpaired) electrons. The van der Waals surface area contributed by atoms with Crippen molar-refractivity contribution in [2.45, 2.75) is 51.1 Å². The maximum atomic E-state index is 11.9. The molecule has 1 aliphatic carbocycles. The average Bonchev–Trinajstić information content (AvgIpc) is 2.93. The van der Waals surface area contributed by atoms with Gasteiger partial charge < -0.3 is 0 Å². The normalized spacial score (nSPS) is 23.1. The van der Waals surface area contributed by atoms with Gasteiger partial charge in [-0.05, 0) is 49.3 Å². The van der Waals surface area contributed by atoms with Crippen LogP contribution in [0.3, 0.4) is 0 Å². The molecule has 3 rings (SSSR count).